The van der Waals surface area contributed by atoms with E-state index in [1.54, 1.807) is 0 Å². The highest BCUT2D eigenvalue weighted by atomic mass is 16.3. The van der Waals surface area contributed by atoms with Gasteiger partial charge in [0.25, 0.3) is 0 Å². The highest BCUT2D eigenvalue weighted by Crippen LogP contribution is 2.61. The number of allylic oxidation sites excluding steroid dienone is 1. The first-order valence-corrected chi connectivity index (χ1v) is 4.84. The van der Waals surface area contributed by atoms with E-state index in [1.807, 2.05) is 13.0 Å². The molecule has 0 unspecified atom stereocenters. The minimum Gasteiger partial charge on any atom is -0.393 e. The second-order valence-corrected chi connectivity index (χ2v) is 4.45. The lowest BCUT2D eigenvalue weighted by Gasteiger charge is -2.08. The number of hydrogen-bond acceptors (Lipinski definition) is 1. The number of aliphatic hydroxyl groups is 1. The lowest BCUT2D eigenvalue weighted by atomic mass is 10.0. The van der Waals surface area contributed by atoms with Gasteiger partial charge in [-0.1, -0.05) is 26.8 Å². The lowest BCUT2D eigenvalue weighted by Crippen LogP contribution is -2.11. The third kappa shape index (κ3) is 1.42. The standard InChI is InChI=1S/C11H20O/c1-5-7-8-10(9(12)6-2)11(8,3)4/h5,8-10,12H,1,6-7H2,2-4H3/t8-,9+,10-/m1/s1. The summed E-state index contributed by atoms with van der Waals surface area (Å²) in [5.74, 6) is 1.16. The summed E-state index contributed by atoms with van der Waals surface area (Å²) in [5.41, 5.74) is 0.337. The summed E-state index contributed by atoms with van der Waals surface area (Å²) in [5, 5.41) is 9.70. The van der Waals surface area contributed by atoms with Gasteiger partial charge in [0.1, 0.15) is 0 Å². The first kappa shape index (κ1) is 9.79. The number of aliphatic hydroxyl groups excluding tert-OH is 1. The summed E-state index contributed by atoms with van der Waals surface area (Å²) in [6, 6.07) is 0. The molecule has 70 valence electrons. The predicted octanol–water partition coefficient (Wildman–Crippen LogP) is 2.61. The lowest BCUT2D eigenvalue weighted by molar-refractivity contribution is 0.129. The summed E-state index contributed by atoms with van der Waals surface area (Å²) in [4.78, 5) is 0. The third-order valence-electron chi connectivity index (χ3n) is 3.39. The molecular weight excluding hydrogens is 148 g/mol. The van der Waals surface area contributed by atoms with Gasteiger partial charge < -0.3 is 5.11 Å². The molecule has 1 fully saturated rings. The molecule has 0 amide bonds. The van der Waals surface area contributed by atoms with E-state index in [0.29, 0.717) is 17.3 Å². The molecule has 1 N–H and O–H groups in total. The zero-order valence-corrected chi connectivity index (χ0v) is 8.38. The van der Waals surface area contributed by atoms with Crippen LogP contribution >= 0.6 is 0 Å². The molecule has 1 heteroatoms. The van der Waals surface area contributed by atoms with Crippen LogP contribution in [0, 0.1) is 17.3 Å². The summed E-state index contributed by atoms with van der Waals surface area (Å²) < 4.78 is 0. The maximum Gasteiger partial charge on any atom is 0.0573 e. The minimum atomic E-state index is -0.107. The fourth-order valence-corrected chi connectivity index (χ4v) is 2.43. The molecule has 1 aliphatic carbocycles. The molecule has 0 bridgehead atoms. The molecule has 0 spiro atoms. The quantitative estimate of drug-likeness (QED) is 0.640. The van der Waals surface area contributed by atoms with Gasteiger partial charge in [0.05, 0.1) is 6.10 Å². The molecular formula is C11H20O. The molecule has 0 radical (unpaired) electrons. The van der Waals surface area contributed by atoms with E-state index in [4.69, 9.17) is 0 Å². The van der Waals surface area contributed by atoms with E-state index >= 15 is 0 Å². The van der Waals surface area contributed by atoms with Gasteiger partial charge in [0, 0.05) is 0 Å². The van der Waals surface area contributed by atoms with Gasteiger partial charge in [-0.3, -0.25) is 0 Å². The van der Waals surface area contributed by atoms with Crippen LogP contribution in [0.3, 0.4) is 0 Å². The molecule has 1 rings (SSSR count). The third-order valence-corrected chi connectivity index (χ3v) is 3.39. The summed E-state index contributed by atoms with van der Waals surface area (Å²) in [6.45, 7) is 10.3. The molecule has 12 heavy (non-hydrogen) atoms. The van der Waals surface area contributed by atoms with Crippen molar-refractivity contribution in [1.29, 1.82) is 0 Å². The van der Waals surface area contributed by atoms with Crippen molar-refractivity contribution in [2.45, 2.75) is 39.7 Å². The zero-order chi connectivity index (χ0) is 9.35. The Morgan fingerprint density at radius 2 is 2.17 bits per heavy atom. The fourth-order valence-electron chi connectivity index (χ4n) is 2.43. The Balaban J connectivity index is 2.53. The Labute approximate surface area is 75.5 Å². The highest BCUT2D eigenvalue weighted by Gasteiger charge is 2.58. The Bertz CT molecular complexity index is 172. The average molecular weight is 168 g/mol. The Kier molecular flexibility index (Phi) is 2.62. The maximum atomic E-state index is 9.70. The van der Waals surface area contributed by atoms with E-state index in [1.165, 1.54) is 0 Å². The minimum absolute atomic E-state index is 0.107. The van der Waals surface area contributed by atoms with Crippen LogP contribution in [0.4, 0.5) is 0 Å². The second-order valence-electron chi connectivity index (χ2n) is 4.45. The van der Waals surface area contributed by atoms with Gasteiger partial charge in [0.2, 0.25) is 0 Å². The maximum absolute atomic E-state index is 9.70. The summed E-state index contributed by atoms with van der Waals surface area (Å²) >= 11 is 0. The van der Waals surface area contributed by atoms with Crippen LogP contribution in [0.25, 0.3) is 0 Å². The number of rotatable bonds is 4. The average Bonchev–Trinajstić information content (AvgIpc) is 2.53. The normalized spacial score (nSPS) is 34.3. The van der Waals surface area contributed by atoms with E-state index in [2.05, 4.69) is 20.4 Å². The van der Waals surface area contributed by atoms with Crippen molar-refractivity contribution in [3.8, 4) is 0 Å². The van der Waals surface area contributed by atoms with Crippen LogP contribution in [0.5, 0.6) is 0 Å². The first-order valence-electron chi connectivity index (χ1n) is 4.84. The second kappa shape index (κ2) is 3.21. The molecule has 0 aromatic heterocycles. The molecule has 0 saturated heterocycles. The van der Waals surface area contributed by atoms with Crippen LogP contribution in [-0.2, 0) is 0 Å². The van der Waals surface area contributed by atoms with Crippen molar-refractivity contribution in [1.82, 2.24) is 0 Å². The SMILES string of the molecule is C=CC[C@@H]1[C@H]([C@@H](O)CC)C1(C)C. The molecule has 0 aliphatic heterocycles. The Hall–Kier alpha value is -0.300. The molecule has 1 aliphatic rings. The van der Waals surface area contributed by atoms with Crippen LogP contribution in [-0.4, -0.2) is 11.2 Å². The van der Waals surface area contributed by atoms with Crippen LogP contribution in [0.15, 0.2) is 12.7 Å². The topological polar surface area (TPSA) is 20.2 Å². The zero-order valence-electron chi connectivity index (χ0n) is 8.38. The van der Waals surface area contributed by atoms with E-state index < -0.39 is 0 Å². The van der Waals surface area contributed by atoms with E-state index in [0.717, 1.165) is 12.8 Å². The summed E-state index contributed by atoms with van der Waals surface area (Å²) in [6.07, 6.45) is 3.79. The molecule has 1 saturated carbocycles. The van der Waals surface area contributed by atoms with Gasteiger partial charge in [-0.2, -0.15) is 0 Å². The van der Waals surface area contributed by atoms with E-state index in [9.17, 15) is 5.11 Å². The molecule has 3 atom stereocenters. The smallest absolute Gasteiger partial charge is 0.0573 e. The Morgan fingerprint density at radius 3 is 2.58 bits per heavy atom. The predicted molar refractivity (Wildman–Crippen MR) is 51.9 cm³/mol. The molecule has 1 nitrogen and oxygen atoms in total. The van der Waals surface area contributed by atoms with Gasteiger partial charge in [-0.05, 0) is 30.1 Å². The van der Waals surface area contributed by atoms with Crippen molar-refractivity contribution < 1.29 is 5.11 Å². The van der Waals surface area contributed by atoms with Crippen LogP contribution in [0.2, 0.25) is 0 Å². The Morgan fingerprint density at radius 1 is 1.58 bits per heavy atom. The largest absolute Gasteiger partial charge is 0.393 e. The van der Waals surface area contributed by atoms with Crippen molar-refractivity contribution in [3.63, 3.8) is 0 Å². The van der Waals surface area contributed by atoms with Crippen molar-refractivity contribution in [2.75, 3.05) is 0 Å². The van der Waals surface area contributed by atoms with Crippen molar-refractivity contribution >= 4 is 0 Å². The van der Waals surface area contributed by atoms with Gasteiger partial charge in [-0.25, -0.2) is 0 Å². The molecule has 0 aromatic rings. The monoisotopic (exact) mass is 168 g/mol. The van der Waals surface area contributed by atoms with Crippen molar-refractivity contribution in [3.05, 3.63) is 12.7 Å². The highest BCUT2D eigenvalue weighted by molar-refractivity contribution is 5.09. The fraction of sp³-hybridized carbons (Fsp3) is 0.818. The summed E-state index contributed by atoms with van der Waals surface area (Å²) in [7, 11) is 0. The molecule has 0 aromatic carbocycles. The van der Waals surface area contributed by atoms with Gasteiger partial charge >= 0.3 is 0 Å². The van der Waals surface area contributed by atoms with Gasteiger partial charge in [0.15, 0.2) is 0 Å². The van der Waals surface area contributed by atoms with Crippen LogP contribution in [0.1, 0.15) is 33.6 Å². The number of hydrogen-bond donors (Lipinski definition) is 1. The van der Waals surface area contributed by atoms with E-state index in [-0.39, 0.29) is 6.10 Å². The van der Waals surface area contributed by atoms with Crippen LogP contribution < -0.4 is 0 Å². The van der Waals surface area contributed by atoms with Crippen molar-refractivity contribution in [2.24, 2.45) is 17.3 Å². The first-order chi connectivity index (χ1) is 5.55. The van der Waals surface area contributed by atoms with Gasteiger partial charge in [-0.15, -0.1) is 6.58 Å². The molecule has 0 heterocycles.